The lowest BCUT2D eigenvalue weighted by Crippen LogP contribution is -2.20. The van der Waals surface area contributed by atoms with E-state index >= 15 is 0 Å². The number of aromatic nitrogens is 1. The molecule has 0 atom stereocenters. The molecule has 3 rings (SSSR count). The highest BCUT2D eigenvalue weighted by atomic mass is 32.2. The topological polar surface area (TPSA) is 116 Å². The highest BCUT2D eigenvalue weighted by Crippen LogP contribution is 2.38. The number of rotatable bonds is 6. The second-order valence-corrected chi connectivity index (χ2v) is 9.91. The molecule has 0 aromatic carbocycles. The van der Waals surface area contributed by atoms with Gasteiger partial charge in [-0.05, 0) is 39.2 Å². The summed E-state index contributed by atoms with van der Waals surface area (Å²) in [6.45, 7) is 5.50. The zero-order valence-electron chi connectivity index (χ0n) is 16.0. The molecular formula is C18H22N2O6S2. The number of ether oxygens (including phenoxy) is 1. The Hall–Kier alpha value is -2.20. The van der Waals surface area contributed by atoms with Crippen molar-refractivity contribution < 1.29 is 27.3 Å². The van der Waals surface area contributed by atoms with Gasteiger partial charge < -0.3 is 14.6 Å². The highest BCUT2D eigenvalue weighted by Gasteiger charge is 2.32. The largest absolute Gasteiger partial charge is 0.462 e. The Balaban J connectivity index is 1.81. The number of thiophene rings is 1. The molecule has 0 aliphatic carbocycles. The predicted molar refractivity (Wildman–Crippen MR) is 104 cm³/mol. The number of nitrogens with zero attached hydrogens (tertiary/aromatic N) is 1. The van der Waals surface area contributed by atoms with Crippen molar-refractivity contribution in [2.45, 2.75) is 45.8 Å². The van der Waals surface area contributed by atoms with E-state index < -0.39 is 15.8 Å². The SMILES string of the molecule is CCOC(=O)c1c(NC(=O)CCc2c(C)noc2C)sc2c1CCS(=O)(=O)C2. The molecule has 0 spiro atoms. The minimum Gasteiger partial charge on any atom is -0.462 e. The van der Waals surface area contributed by atoms with E-state index in [9.17, 15) is 18.0 Å². The summed E-state index contributed by atoms with van der Waals surface area (Å²) < 4.78 is 34.1. The number of carbonyl (C=O) groups excluding carboxylic acids is 2. The van der Waals surface area contributed by atoms with Crippen molar-refractivity contribution in [2.75, 3.05) is 17.7 Å². The summed E-state index contributed by atoms with van der Waals surface area (Å²) in [7, 11) is -3.19. The van der Waals surface area contributed by atoms with Crippen LogP contribution in [0.25, 0.3) is 0 Å². The van der Waals surface area contributed by atoms with Crippen molar-refractivity contribution in [3.05, 3.63) is 33.0 Å². The van der Waals surface area contributed by atoms with Gasteiger partial charge in [0.2, 0.25) is 5.91 Å². The van der Waals surface area contributed by atoms with Gasteiger partial charge in [0, 0.05) is 16.9 Å². The lowest BCUT2D eigenvalue weighted by atomic mass is 10.1. The summed E-state index contributed by atoms with van der Waals surface area (Å²) in [6, 6.07) is 0. The van der Waals surface area contributed by atoms with Crippen LogP contribution < -0.4 is 5.32 Å². The number of hydrogen-bond acceptors (Lipinski definition) is 8. The van der Waals surface area contributed by atoms with Crippen LogP contribution in [0.1, 0.15) is 51.2 Å². The van der Waals surface area contributed by atoms with Crippen molar-refractivity contribution in [2.24, 2.45) is 0 Å². The summed E-state index contributed by atoms with van der Waals surface area (Å²) in [4.78, 5) is 25.5. The number of anilines is 1. The van der Waals surface area contributed by atoms with E-state index in [2.05, 4.69) is 10.5 Å². The Labute approximate surface area is 167 Å². The van der Waals surface area contributed by atoms with Gasteiger partial charge in [-0.15, -0.1) is 11.3 Å². The third-order valence-electron chi connectivity index (χ3n) is 4.62. The van der Waals surface area contributed by atoms with Gasteiger partial charge in [-0.3, -0.25) is 4.79 Å². The summed E-state index contributed by atoms with van der Waals surface area (Å²) in [5, 5.41) is 6.99. The maximum atomic E-state index is 12.5. The van der Waals surface area contributed by atoms with E-state index in [0.29, 0.717) is 27.6 Å². The molecule has 152 valence electrons. The Kier molecular flexibility index (Phi) is 5.90. The second-order valence-electron chi connectivity index (χ2n) is 6.62. The number of esters is 1. The fourth-order valence-electron chi connectivity index (χ4n) is 3.22. The van der Waals surface area contributed by atoms with Crippen molar-refractivity contribution in [1.29, 1.82) is 0 Å². The lowest BCUT2D eigenvalue weighted by molar-refractivity contribution is -0.116. The Bertz CT molecular complexity index is 1000. The molecule has 28 heavy (non-hydrogen) atoms. The van der Waals surface area contributed by atoms with Gasteiger partial charge in [0.1, 0.15) is 10.8 Å². The maximum Gasteiger partial charge on any atom is 0.341 e. The first-order valence-electron chi connectivity index (χ1n) is 8.95. The number of nitrogens with one attached hydrogen (secondary N) is 1. The number of aryl methyl sites for hydroxylation is 2. The molecule has 10 heteroatoms. The molecule has 3 heterocycles. The van der Waals surface area contributed by atoms with Crippen LogP contribution >= 0.6 is 11.3 Å². The van der Waals surface area contributed by atoms with Crippen LogP contribution in [-0.2, 0) is 38.0 Å². The van der Waals surface area contributed by atoms with Crippen LogP contribution in [0.15, 0.2) is 4.52 Å². The molecule has 0 saturated carbocycles. The van der Waals surface area contributed by atoms with E-state index in [4.69, 9.17) is 9.26 Å². The fraction of sp³-hybridized carbons (Fsp3) is 0.500. The smallest absolute Gasteiger partial charge is 0.341 e. The molecule has 2 aromatic heterocycles. The number of sulfone groups is 1. The molecule has 0 unspecified atom stereocenters. The average molecular weight is 427 g/mol. The third kappa shape index (κ3) is 4.27. The summed E-state index contributed by atoms with van der Waals surface area (Å²) >= 11 is 1.13. The first-order chi connectivity index (χ1) is 13.2. The van der Waals surface area contributed by atoms with E-state index in [1.54, 1.807) is 13.8 Å². The van der Waals surface area contributed by atoms with Crippen molar-refractivity contribution in [1.82, 2.24) is 5.16 Å². The molecule has 0 saturated heterocycles. The Morgan fingerprint density at radius 1 is 1.32 bits per heavy atom. The van der Waals surface area contributed by atoms with Crippen molar-refractivity contribution >= 4 is 38.1 Å². The van der Waals surface area contributed by atoms with Crippen molar-refractivity contribution in [3.8, 4) is 0 Å². The first-order valence-corrected chi connectivity index (χ1v) is 11.6. The standard InChI is InChI=1S/C18H22N2O6S2/c1-4-25-18(22)16-13-7-8-28(23,24)9-14(13)27-17(16)19-15(21)6-5-12-10(2)20-26-11(12)3/h4-9H2,1-3H3,(H,19,21). The first kappa shape index (κ1) is 20.5. The number of carbonyl (C=O) groups is 2. The van der Waals surface area contributed by atoms with E-state index in [1.807, 2.05) is 6.92 Å². The lowest BCUT2D eigenvalue weighted by Gasteiger charge is -2.13. The number of fused-ring (bicyclic) bond motifs is 1. The molecule has 0 radical (unpaired) electrons. The average Bonchev–Trinajstić information content (AvgIpc) is 3.11. The highest BCUT2D eigenvalue weighted by molar-refractivity contribution is 7.90. The van der Waals surface area contributed by atoms with E-state index in [-0.39, 0.29) is 42.4 Å². The van der Waals surface area contributed by atoms with Crippen LogP contribution in [0.2, 0.25) is 0 Å². The van der Waals surface area contributed by atoms with E-state index in [1.165, 1.54) is 0 Å². The summed E-state index contributed by atoms with van der Waals surface area (Å²) in [5.41, 5.74) is 2.58. The third-order valence-corrected chi connectivity index (χ3v) is 7.51. The zero-order valence-corrected chi connectivity index (χ0v) is 17.6. The molecule has 2 aromatic rings. The molecule has 1 aliphatic heterocycles. The Morgan fingerprint density at radius 3 is 2.71 bits per heavy atom. The molecule has 8 nitrogen and oxygen atoms in total. The van der Waals surface area contributed by atoms with Gasteiger partial charge in [0.15, 0.2) is 9.84 Å². The summed E-state index contributed by atoms with van der Waals surface area (Å²) in [5.74, 6) is -0.265. The van der Waals surface area contributed by atoms with Gasteiger partial charge in [-0.1, -0.05) is 5.16 Å². The predicted octanol–water partition coefficient (Wildman–Crippen LogP) is 2.57. The Morgan fingerprint density at radius 2 is 2.07 bits per heavy atom. The van der Waals surface area contributed by atoms with Crippen LogP contribution in [0.4, 0.5) is 5.00 Å². The minimum atomic E-state index is -3.19. The molecule has 0 bridgehead atoms. The molecule has 1 N–H and O–H groups in total. The van der Waals surface area contributed by atoms with Gasteiger partial charge >= 0.3 is 5.97 Å². The van der Waals surface area contributed by atoms with E-state index in [0.717, 1.165) is 22.6 Å². The number of hydrogen-bond donors (Lipinski definition) is 1. The second kappa shape index (κ2) is 8.04. The van der Waals surface area contributed by atoms with Crippen LogP contribution in [0.3, 0.4) is 0 Å². The van der Waals surface area contributed by atoms with Gasteiger partial charge in [-0.25, -0.2) is 13.2 Å². The quantitative estimate of drug-likeness (QED) is 0.706. The zero-order chi connectivity index (χ0) is 20.5. The molecular weight excluding hydrogens is 404 g/mol. The van der Waals surface area contributed by atoms with Crippen LogP contribution in [0.5, 0.6) is 0 Å². The molecule has 1 amide bonds. The molecule has 0 fully saturated rings. The maximum absolute atomic E-state index is 12.5. The van der Waals surface area contributed by atoms with Crippen LogP contribution in [0, 0.1) is 13.8 Å². The van der Waals surface area contributed by atoms with Gasteiger partial charge in [0.25, 0.3) is 0 Å². The van der Waals surface area contributed by atoms with Gasteiger partial charge in [-0.2, -0.15) is 0 Å². The summed E-state index contributed by atoms with van der Waals surface area (Å²) in [6.07, 6.45) is 0.893. The monoisotopic (exact) mass is 426 g/mol. The van der Waals surface area contributed by atoms with Crippen LogP contribution in [-0.4, -0.2) is 37.8 Å². The number of amides is 1. The molecule has 1 aliphatic rings. The van der Waals surface area contributed by atoms with Gasteiger partial charge in [0.05, 0.1) is 29.4 Å². The minimum absolute atomic E-state index is 0.0113. The van der Waals surface area contributed by atoms with Crippen molar-refractivity contribution in [3.63, 3.8) is 0 Å². The fourth-order valence-corrected chi connectivity index (χ4v) is 6.27. The normalized spacial score (nSPS) is 15.1.